The Balaban J connectivity index is 0.00000112. The average molecular weight is 235 g/mol. The number of nitrogens with one attached hydrogen (secondary N) is 2. The molecule has 0 aromatic heterocycles. The molecule has 2 atom stereocenters. The molecule has 88 valence electrons. The van der Waals surface area contributed by atoms with Gasteiger partial charge >= 0.3 is 0 Å². The van der Waals surface area contributed by atoms with Gasteiger partial charge in [-0.2, -0.15) is 0 Å². The molecule has 2 aliphatic rings. The van der Waals surface area contributed by atoms with Crippen LogP contribution < -0.4 is 10.6 Å². The molecule has 2 unspecified atom stereocenters. The molecule has 0 bridgehead atoms. The maximum absolute atomic E-state index is 10.9. The molecule has 0 aromatic carbocycles. The predicted molar refractivity (Wildman–Crippen MR) is 60.2 cm³/mol. The van der Waals surface area contributed by atoms with Crippen LogP contribution in [0.25, 0.3) is 0 Å². The molecule has 2 rings (SSSR count). The summed E-state index contributed by atoms with van der Waals surface area (Å²) in [5.74, 6) is 0.639. The lowest BCUT2D eigenvalue weighted by atomic mass is 9.74. The monoisotopic (exact) mass is 234 g/mol. The van der Waals surface area contributed by atoms with E-state index in [9.17, 15) is 4.79 Å². The minimum atomic E-state index is 0. The van der Waals surface area contributed by atoms with Gasteiger partial charge in [-0.25, -0.2) is 0 Å². The van der Waals surface area contributed by atoms with Crippen LogP contribution in [0.15, 0.2) is 0 Å². The van der Waals surface area contributed by atoms with Gasteiger partial charge in [-0.15, -0.1) is 12.4 Å². The molecule has 2 heterocycles. The largest absolute Gasteiger partial charge is 0.381 e. The summed E-state index contributed by atoms with van der Waals surface area (Å²) in [6.07, 6.45) is 1.06. The average Bonchev–Trinajstić information content (AvgIpc) is 2.58. The maximum atomic E-state index is 10.9. The molecule has 0 aromatic rings. The fourth-order valence-electron chi connectivity index (χ4n) is 2.48. The zero-order valence-corrected chi connectivity index (χ0v) is 9.86. The second kappa shape index (κ2) is 5.14. The first-order valence-electron chi connectivity index (χ1n) is 5.26. The van der Waals surface area contributed by atoms with Gasteiger partial charge in [0.05, 0.1) is 6.61 Å². The van der Waals surface area contributed by atoms with E-state index in [1.807, 2.05) is 0 Å². The molecule has 2 N–H and O–H groups in total. The van der Waals surface area contributed by atoms with Crippen LogP contribution in [0, 0.1) is 11.3 Å². The van der Waals surface area contributed by atoms with Gasteiger partial charge in [0.15, 0.2) is 0 Å². The Morgan fingerprint density at radius 2 is 2.47 bits per heavy atom. The highest BCUT2D eigenvalue weighted by atomic mass is 35.5. The molecule has 2 fully saturated rings. The summed E-state index contributed by atoms with van der Waals surface area (Å²) in [4.78, 5) is 10.9. The minimum absolute atomic E-state index is 0. The van der Waals surface area contributed by atoms with Crippen LogP contribution in [0.2, 0.25) is 0 Å². The van der Waals surface area contributed by atoms with Gasteiger partial charge in [-0.1, -0.05) is 0 Å². The van der Waals surface area contributed by atoms with Crippen molar-refractivity contribution in [2.24, 2.45) is 11.3 Å². The number of hydrogen-bond donors (Lipinski definition) is 2. The van der Waals surface area contributed by atoms with Gasteiger partial charge in [-0.05, 0) is 6.42 Å². The molecule has 0 spiro atoms. The zero-order chi connectivity index (χ0) is 10.0. The number of ether oxygens (including phenoxy) is 1. The molecule has 0 aliphatic carbocycles. The first kappa shape index (κ1) is 12.7. The molecule has 5 heteroatoms. The van der Waals surface area contributed by atoms with Crippen molar-refractivity contribution in [2.45, 2.75) is 13.3 Å². The van der Waals surface area contributed by atoms with Gasteiger partial charge in [0.25, 0.3) is 0 Å². The van der Waals surface area contributed by atoms with E-state index in [4.69, 9.17) is 4.74 Å². The molecular formula is C10H19ClN2O2. The Labute approximate surface area is 96.5 Å². The van der Waals surface area contributed by atoms with E-state index in [0.717, 1.165) is 39.3 Å². The van der Waals surface area contributed by atoms with Crippen LogP contribution >= 0.6 is 12.4 Å². The number of fused-ring (bicyclic) bond motifs is 1. The number of carbonyl (C=O) groups is 1. The van der Waals surface area contributed by atoms with E-state index in [1.165, 1.54) is 0 Å². The van der Waals surface area contributed by atoms with E-state index >= 15 is 0 Å². The summed E-state index contributed by atoms with van der Waals surface area (Å²) in [6, 6.07) is 0. The van der Waals surface area contributed by atoms with Gasteiger partial charge in [0, 0.05) is 44.5 Å². The smallest absolute Gasteiger partial charge is 0.216 e. The molecule has 4 nitrogen and oxygen atoms in total. The Bertz CT molecular complexity index is 237. The summed E-state index contributed by atoms with van der Waals surface area (Å²) in [7, 11) is 0. The standard InChI is InChI=1S/C10H18N2O2.ClH/c1-8(13)12-7-10-2-3-14-5-9(10)4-11-6-10;/h9,11H,2-7H2,1H3,(H,12,13);1H. The summed E-state index contributed by atoms with van der Waals surface area (Å²) in [5.41, 5.74) is 0.254. The quantitative estimate of drug-likeness (QED) is 0.716. The van der Waals surface area contributed by atoms with Gasteiger partial charge in [0.1, 0.15) is 0 Å². The van der Waals surface area contributed by atoms with E-state index < -0.39 is 0 Å². The van der Waals surface area contributed by atoms with Crippen molar-refractivity contribution in [1.82, 2.24) is 10.6 Å². The van der Waals surface area contributed by atoms with Crippen molar-refractivity contribution in [3.05, 3.63) is 0 Å². The fourth-order valence-corrected chi connectivity index (χ4v) is 2.48. The van der Waals surface area contributed by atoms with Crippen molar-refractivity contribution in [1.29, 1.82) is 0 Å². The Morgan fingerprint density at radius 3 is 3.20 bits per heavy atom. The number of amides is 1. The third-order valence-electron chi connectivity index (χ3n) is 3.49. The van der Waals surface area contributed by atoms with Crippen molar-refractivity contribution in [2.75, 3.05) is 32.8 Å². The SMILES string of the molecule is CC(=O)NCC12CCOCC1CNC2.Cl. The maximum Gasteiger partial charge on any atom is 0.216 e. The highest BCUT2D eigenvalue weighted by molar-refractivity contribution is 5.85. The Morgan fingerprint density at radius 1 is 1.67 bits per heavy atom. The van der Waals surface area contributed by atoms with E-state index in [1.54, 1.807) is 6.92 Å². The van der Waals surface area contributed by atoms with Crippen LogP contribution in [0.4, 0.5) is 0 Å². The molecule has 1 amide bonds. The van der Waals surface area contributed by atoms with Gasteiger partial charge in [-0.3, -0.25) is 4.79 Å². The summed E-state index contributed by atoms with van der Waals surface area (Å²) in [5, 5.41) is 6.34. The first-order valence-corrected chi connectivity index (χ1v) is 5.26. The lowest BCUT2D eigenvalue weighted by Gasteiger charge is -2.38. The topological polar surface area (TPSA) is 50.4 Å². The zero-order valence-electron chi connectivity index (χ0n) is 9.04. The van der Waals surface area contributed by atoms with Crippen molar-refractivity contribution >= 4 is 18.3 Å². The van der Waals surface area contributed by atoms with Crippen molar-refractivity contribution in [3.63, 3.8) is 0 Å². The van der Waals surface area contributed by atoms with Crippen molar-refractivity contribution < 1.29 is 9.53 Å². The van der Waals surface area contributed by atoms with Crippen LogP contribution in [0.1, 0.15) is 13.3 Å². The third kappa shape index (κ3) is 2.62. The van der Waals surface area contributed by atoms with Crippen LogP contribution in [-0.4, -0.2) is 38.8 Å². The summed E-state index contributed by atoms with van der Waals surface area (Å²) >= 11 is 0. The molecule has 0 radical (unpaired) electrons. The van der Waals surface area contributed by atoms with E-state index in [0.29, 0.717) is 5.92 Å². The predicted octanol–water partition coefficient (Wildman–Crippen LogP) is 0.170. The number of halogens is 1. The highest BCUT2D eigenvalue weighted by Gasteiger charge is 2.44. The molecule has 2 saturated heterocycles. The van der Waals surface area contributed by atoms with Crippen molar-refractivity contribution in [3.8, 4) is 0 Å². The van der Waals surface area contributed by atoms with Gasteiger partial charge < -0.3 is 15.4 Å². The summed E-state index contributed by atoms with van der Waals surface area (Å²) < 4.78 is 5.46. The van der Waals surface area contributed by atoms with E-state index in [-0.39, 0.29) is 23.7 Å². The molecule has 2 aliphatic heterocycles. The van der Waals surface area contributed by atoms with Crippen LogP contribution in [-0.2, 0) is 9.53 Å². The van der Waals surface area contributed by atoms with Crippen LogP contribution in [0.5, 0.6) is 0 Å². The third-order valence-corrected chi connectivity index (χ3v) is 3.49. The second-order valence-corrected chi connectivity index (χ2v) is 4.42. The summed E-state index contributed by atoms with van der Waals surface area (Å²) in [6.45, 7) is 6.09. The Kier molecular flexibility index (Phi) is 4.37. The lowest BCUT2D eigenvalue weighted by Crippen LogP contribution is -2.46. The number of hydrogen-bond acceptors (Lipinski definition) is 3. The normalized spacial score (nSPS) is 34.1. The first-order chi connectivity index (χ1) is 6.73. The van der Waals surface area contributed by atoms with Crippen LogP contribution in [0.3, 0.4) is 0 Å². The Hall–Kier alpha value is -0.320. The number of carbonyl (C=O) groups excluding carboxylic acids is 1. The van der Waals surface area contributed by atoms with Gasteiger partial charge in [0.2, 0.25) is 5.91 Å². The van der Waals surface area contributed by atoms with E-state index in [2.05, 4.69) is 10.6 Å². The molecule has 15 heavy (non-hydrogen) atoms. The second-order valence-electron chi connectivity index (χ2n) is 4.42. The molecule has 0 saturated carbocycles. The fraction of sp³-hybridized carbons (Fsp3) is 0.900. The highest BCUT2D eigenvalue weighted by Crippen LogP contribution is 2.37. The molecular weight excluding hydrogens is 216 g/mol. The minimum Gasteiger partial charge on any atom is -0.381 e. The number of rotatable bonds is 2. The lowest BCUT2D eigenvalue weighted by molar-refractivity contribution is -0.120.